The lowest BCUT2D eigenvalue weighted by atomic mass is 10.3. The average Bonchev–Trinajstić information content (AvgIpc) is 2.38. The summed E-state index contributed by atoms with van der Waals surface area (Å²) in [6.45, 7) is 0. The van der Waals surface area contributed by atoms with Gasteiger partial charge < -0.3 is 0 Å². The number of carbonyl (C=O) groups excluding carboxylic acids is 1. The third-order valence-electron chi connectivity index (χ3n) is 2.23. The molecule has 2 aromatic heterocycles. The second-order valence-electron chi connectivity index (χ2n) is 3.40. The van der Waals surface area contributed by atoms with E-state index in [-0.39, 0.29) is 5.91 Å². The summed E-state index contributed by atoms with van der Waals surface area (Å²) in [5.74, 6) is 0.325. The Bertz CT molecular complexity index is 530. The Kier molecular flexibility index (Phi) is 3.35. The number of nitrogens with zero attached hydrogens (tertiary/aromatic N) is 3. The van der Waals surface area contributed by atoms with Crippen LogP contribution in [0.15, 0.2) is 42.6 Å². The van der Waals surface area contributed by atoms with E-state index in [2.05, 4.69) is 9.97 Å². The first kappa shape index (κ1) is 11.5. The molecule has 0 unspecified atom stereocenters. The first-order chi connectivity index (χ1) is 8.18. The van der Waals surface area contributed by atoms with E-state index in [4.69, 9.17) is 11.6 Å². The zero-order valence-electron chi connectivity index (χ0n) is 9.17. The van der Waals surface area contributed by atoms with Crippen molar-refractivity contribution in [3.63, 3.8) is 0 Å². The molecule has 2 aromatic rings. The van der Waals surface area contributed by atoms with Crippen LogP contribution < -0.4 is 4.90 Å². The molecule has 2 rings (SSSR count). The third-order valence-corrected chi connectivity index (χ3v) is 2.44. The second-order valence-corrected chi connectivity index (χ2v) is 3.78. The Morgan fingerprint density at radius 3 is 2.71 bits per heavy atom. The van der Waals surface area contributed by atoms with E-state index < -0.39 is 0 Å². The molecule has 86 valence electrons. The van der Waals surface area contributed by atoms with Gasteiger partial charge in [0.25, 0.3) is 5.91 Å². The van der Waals surface area contributed by atoms with Gasteiger partial charge in [-0.05, 0) is 24.3 Å². The van der Waals surface area contributed by atoms with Crippen molar-refractivity contribution in [3.8, 4) is 0 Å². The number of halogens is 1. The topological polar surface area (TPSA) is 46.1 Å². The molecule has 17 heavy (non-hydrogen) atoms. The molecular weight excluding hydrogens is 238 g/mol. The molecule has 0 saturated carbocycles. The van der Waals surface area contributed by atoms with E-state index in [1.165, 1.54) is 4.90 Å². The van der Waals surface area contributed by atoms with Gasteiger partial charge in [0.05, 0.1) is 0 Å². The summed E-state index contributed by atoms with van der Waals surface area (Å²) < 4.78 is 0. The molecule has 0 aliphatic carbocycles. The first-order valence-electron chi connectivity index (χ1n) is 5.00. The van der Waals surface area contributed by atoms with Crippen molar-refractivity contribution in [1.82, 2.24) is 9.97 Å². The number of hydrogen-bond acceptors (Lipinski definition) is 3. The normalized spacial score (nSPS) is 10.0. The molecule has 0 spiro atoms. The number of rotatable bonds is 2. The highest BCUT2D eigenvalue weighted by Gasteiger charge is 2.15. The summed E-state index contributed by atoms with van der Waals surface area (Å²) in [5.41, 5.74) is 0.297. The van der Waals surface area contributed by atoms with E-state index in [0.29, 0.717) is 16.7 Å². The van der Waals surface area contributed by atoms with E-state index >= 15 is 0 Å². The zero-order chi connectivity index (χ0) is 12.3. The predicted octanol–water partition coefficient (Wildman–Crippen LogP) is 2.41. The molecule has 4 nitrogen and oxygen atoms in total. The first-order valence-corrected chi connectivity index (χ1v) is 5.38. The van der Waals surface area contributed by atoms with Gasteiger partial charge in [0.1, 0.15) is 16.7 Å². The van der Waals surface area contributed by atoms with Gasteiger partial charge in [0.2, 0.25) is 0 Å². The average molecular weight is 248 g/mol. The van der Waals surface area contributed by atoms with Crippen molar-refractivity contribution in [2.75, 3.05) is 11.9 Å². The van der Waals surface area contributed by atoms with Gasteiger partial charge in [-0.2, -0.15) is 0 Å². The summed E-state index contributed by atoms with van der Waals surface area (Å²) in [5, 5.41) is 0.297. The zero-order valence-corrected chi connectivity index (χ0v) is 9.93. The highest BCUT2D eigenvalue weighted by atomic mass is 35.5. The second kappa shape index (κ2) is 4.93. The predicted molar refractivity (Wildman–Crippen MR) is 66.2 cm³/mol. The van der Waals surface area contributed by atoms with Crippen LogP contribution in [0.5, 0.6) is 0 Å². The maximum atomic E-state index is 12.1. The van der Waals surface area contributed by atoms with E-state index in [0.717, 1.165) is 0 Å². The van der Waals surface area contributed by atoms with Gasteiger partial charge in [-0.3, -0.25) is 9.69 Å². The van der Waals surface area contributed by atoms with Crippen molar-refractivity contribution in [2.24, 2.45) is 0 Å². The van der Waals surface area contributed by atoms with Crippen LogP contribution in [0.1, 0.15) is 10.5 Å². The molecule has 2 heterocycles. The van der Waals surface area contributed by atoms with Gasteiger partial charge in [-0.1, -0.05) is 23.7 Å². The number of anilines is 1. The van der Waals surface area contributed by atoms with Crippen LogP contribution in [0.4, 0.5) is 5.82 Å². The molecule has 0 aromatic carbocycles. The van der Waals surface area contributed by atoms with Crippen molar-refractivity contribution in [1.29, 1.82) is 0 Å². The van der Waals surface area contributed by atoms with Gasteiger partial charge in [0.15, 0.2) is 0 Å². The van der Waals surface area contributed by atoms with Crippen molar-refractivity contribution < 1.29 is 4.79 Å². The lowest BCUT2D eigenvalue weighted by molar-refractivity contribution is 0.0987. The Morgan fingerprint density at radius 2 is 2.06 bits per heavy atom. The summed E-state index contributed by atoms with van der Waals surface area (Å²) in [6.07, 6.45) is 1.63. The molecule has 0 N–H and O–H groups in total. The minimum Gasteiger partial charge on any atom is -0.294 e. The lowest BCUT2D eigenvalue weighted by Gasteiger charge is -2.15. The molecule has 5 heteroatoms. The van der Waals surface area contributed by atoms with Crippen LogP contribution in [-0.2, 0) is 0 Å². The standard InChI is InChI=1S/C12H10ClN3O/c1-16(11-7-2-3-8-14-11)12(17)9-5-4-6-10(13)15-9/h2-8H,1H3. The Morgan fingerprint density at radius 1 is 1.24 bits per heavy atom. The van der Waals surface area contributed by atoms with E-state index in [1.807, 2.05) is 6.07 Å². The Labute approximate surface area is 104 Å². The maximum absolute atomic E-state index is 12.1. The van der Waals surface area contributed by atoms with Gasteiger partial charge in [-0.25, -0.2) is 9.97 Å². The van der Waals surface area contributed by atoms with Crippen LogP contribution in [0.25, 0.3) is 0 Å². The minimum absolute atomic E-state index is 0.244. The number of pyridine rings is 2. The van der Waals surface area contributed by atoms with Crippen molar-refractivity contribution in [2.45, 2.75) is 0 Å². The summed E-state index contributed by atoms with van der Waals surface area (Å²) in [7, 11) is 1.65. The van der Waals surface area contributed by atoms with Crippen LogP contribution in [0, 0.1) is 0 Å². The summed E-state index contributed by atoms with van der Waals surface area (Å²) in [4.78, 5) is 21.5. The maximum Gasteiger partial charge on any atom is 0.277 e. The van der Waals surface area contributed by atoms with Gasteiger partial charge >= 0.3 is 0 Å². The Balaban J connectivity index is 2.27. The fraction of sp³-hybridized carbons (Fsp3) is 0.0833. The molecule has 0 fully saturated rings. The highest BCUT2D eigenvalue weighted by molar-refractivity contribution is 6.29. The molecule has 0 aliphatic heterocycles. The van der Waals surface area contributed by atoms with Crippen molar-refractivity contribution >= 4 is 23.3 Å². The molecule has 0 bridgehead atoms. The fourth-order valence-corrected chi connectivity index (χ4v) is 1.52. The molecule has 0 saturated heterocycles. The van der Waals surface area contributed by atoms with E-state index in [1.54, 1.807) is 43.6 Å². The van der Waals surface area contributed by atoms with Gasteiger partial charge in [-0.15, -0.1) is 0 Å². The third kappa shape index (κ3) is 2.60. The number of aromatic nitrogens is 2. The monoisotopic (exact) mass is 247 g/mol. The fourth-order valence-electron chi connectivity index (χ4n) is 1.36. The minimum atomic E-state index is -0.244. The molecule has 0 atom stereocenters. The number of carbonyl (C=O) groups is 1. The largest absolute Gasteiger partial charge is 0.294 e. The van der Waals surface area contributed by atoms with Crippen LogP contribution in [0.3, 0.4) is 0 Å². The van der Waals surface area contributed by atoms with E-state index in [9.17, 15) is 4.79 Å². The highest BCUT2D eigenvalue weighted by Crippen LogP contribution is 2.12. The van der Waals surface area contributed by atoms with Crippen molar-refractivity contribution in [3.05, 3.63) is 53.4 Å². The molecule has 0 radical (unpaired) electrons. The summed E-state index contributed by atoms with van der Waals surface area (Å²) >= 11 is 5.74. The number of hydrogen-bond donors (Lipinski definition) is 0. The SMILES string of the molecule is CN(C(=O)c1cccc(Cl)n1)c1ccccn1. The summed E-state index contributed by atoms with van der Waals surface area (Å²) in [6, 6.07) is 10.3. The van der Waals surface area contributed by atoms with Crippen LogP contribution in [0.2, 0.25) is 5.15 Å². The quantitative estimate of drug-likeness (QED) is 0.766. The lowest BCUT2D eigenvalue weighted by Crippen LogP contribution is -2.27. The smallest absolute Gasteiger partial charge is 0.277 e. The van der Waals surface area contributed by atoms with Crippen LogP contribution >= 0.6 is 11.6 Å². The molecular formula is C12H10ClN3O. The molecule has 1 amide bonds. The Hall–Kier alpha value is -1.94. The molecule has 0 aliphatic rings. The van der Waals surface area contributed by atoms with Gasteiger partial charge in [0, 0.05) is 13.2 Å². The number of amides is 1. The van der Waals surface area contributed by atoms with Crippen LogP contribution in [-0.4, -0.2) is 22.9 Å².